The average Bonchev–Trinajstić information content (AvgIpc) is 3.17. The summed E-state index contributed by atoms with van der Waals surface area (Å²) >= 11 is 0. The number of methoxy groups -OCH3 is 1. The highest BCUT2D eigenvalue weighted by molar-refractivity contribution is 7.91. The number of sulfone groups is 1. The van der Waals surface area contributed by atoms with Gasteiger partial charge in [0.2, 0.25) is 5.91 Å². The van der Waals surface area contributed by atoms with Crippen molar-refractivity contribution in [1.29, 1.82) is 0 Å². The second kappa shape index (κ2) is 5.83. The summed E-state index contributed by atoms with van der Waals surface area (Å²) in [6.45, 7) is 3.62. The van der Waals surface area contributed by atoms with E-state index in [2.05, 4.69) is 5.32 Å². The first-order chi connectivity index (χ1) is 10.2. The summed E-state index contributed by atoms with van der Waals surface area (Å²) in [5, 5.41) is 2.84. The molecule has 2 aliphatic rings. The van der Waals surface area contributed by atoms with Crippen molar-refractivity contribution in [2.24, 2.45) is 11.3 Å². The molecule has 1 aliphatic heterocycles. The van der Waals surface area contributed by atoms with Crippen LogP contribution in [-0.4, -0.2) is 44.4 Å². The lowest BCUT2D eigenvalue weighted by Gasteiger charge is -2.29. The third-order valence-electron chi connectivity index (χ3n) is 5.11. The van der Waals surface area contributed by atoms with Crippen LogP contribution in [-0.2, 0) is 24.2 Å². The molecule has 0 aromatic rings. The molecule has 7 heteroatoms. The van der Waals surface area contributed by atoms with Gasteiger partial charge in [0.1, 0.15) is 15.4 Å². The molecular weight excluding hydrogens is 306 g/mol. The number of hydrogen-bond donors (Lipinski definition) is 1. The molecule has 0 aromatic heterocycles. The fraction of sp³-hybridized carbons (Fsp3) is 0.867. The third kappa shape index (κ3) is 3.29. The number of nitrogens with one attached hydrogen (secondary N) is 1. The van der Waals surface area contributed by atoms with E-state index in [4.69, 9.17) is 4.74 Å². The Morgan fingerprint density at radius 3 is 2.41 bits per heavy atom. The van der Waals surface area contributed by atoms with Crippen LogP contribution in [0, 0.1) is 11.3 Å². The van der Waals surface area contributed by atoms with Gasteiger partial charge in [-0.1, -0.05) is 13.3 Å². The molecule has 1 N–H and O–H groups in total. The Balaban J connectivity index is 2.00. The number of esters is 1. The fourth-order valence-electron chi connectivity index (χ4n) is 3.52. The van der Waals surface area contributed by atoms with Gasteiger partial charge in [-0.3, -0.25) is 4.79 Å². The van der Waals surface area contributed by atoms with Crippen molar-refractivity contribution in [3.8, 4) is 0 Å². The van der Waals surface area contributed by atoms with Gasteiger partial charge in [-0.15, -0.1) is 0 Å². The van der Waals surface area contributed by atoms with E-state index in [0.29, 0.717) is 19.3 Å². The predicted molar refractivity (Wildman–Crippen MR) is 81.9 cm³/mol. The molecule has 0 aromatic carbocycles. The van der Waals surface area contributed by atoms with Crippen molar-refractivity contribution in [3.05, 3.63) is 0 Å². The summed E-state index contributed by atoms with van der Waals surface area (Å²) in [7, 11) is -1.62. The quantitative estimate of drug-likeness (QED) is 0.761. The number of amides is 1. The van der Waals surface area contributed by atoms with E-state index < -0.39 is 21.3 Å². The molecule has 1 spiro atoms. The van der Waals surface area contributed by atoms with E-state index in [1.807, 2.05) is 6.92 Å². The van der Waals surface area contributed by atoms with Crippen molar-refractivity contribution >= 4 is 21.7 Å². The van der Waals surface area contributed by atoms with Crippen LogP contribution in [0.3, 0.4) is 0 Å². The van der Waals surface area contributed by atoms with Gasteiger partial charge in [0.25, 0.3) is 0 Å². The second-order valence-corrected chi connectivity index (χ2v) is 9.14. The molecule has 2 atom stereocenters. The predicted octanol–water partition coefficient (Wildman–Crippen LogP) is 1.05. The molecule has 1 heterocycles. The van der Waals surface area contributed by atoms with E-state index in [1.54, 1.807) is 6.92 Å². The van der Waals surface area contributed by atoms with E-state index in [9.17, 15) is 18.0 Å². The molecule has 2 rings (SSSR count). The monoisotopic (exact) mass is 331 g/mol. The van der Waals surface area contributed by atoms with Crippen LogP contribution in [0.15, 0.2) is 0 Å². The first-order valence-corrected chi connectivity index (χ1v) is 9.61. The first-order valence-electron chi connectivity index (χ1n) is 7.79. The molecular formula is C15H25NO5S. The minimum Gasteiger partial charge on any atom is -0.467 e. The van der Waals surface area contributed by atoms with Gasteiger partial charge < -0.3 is 10.1 Å². The number of rotatable bonds is 5. The van der Waals surface area contributed by atoms with Crippen LogP contribution < -0.4 is 5.32 Å². The van der Waals surface area contributed by atoms with Crippen molar-refractivity contribution in [2.75, 3.05) is 18.6 Å². The summed E-state index contributed by atoms with van der Waals surface area (Å²) < 4.78 is 27.8. The number of carbonyl (C=O) groups excluding carboxylic acids is 2. The van der Waals surface area contributed by atoms with E-state index in [-0.39, 0.29) is 28.7 Å². The summed E-state index contributed by atoms with van der Waals surface area (Å²) in [6, 6.07) is 0. The lowest BCUT2D eigenvalue weighted by atomic mass is 9.93. The van der Waals surface area contributed by atoms with Crippen LogP contribution in [0.25, 0.3) is 0 Å². The van der Waals surface area contributed by atoms with Crippen molar-refractivity contribution in [2.45, 2.75) is 51.5 Å². The lowest BCUT2D eigenvalue weighted by Crippen LogP contribution is -2.53. The molecule has 0 radical (unpaired) electrons. The van der Waals surface area contributed by atoms with Gasteiger partial charge in [-0.2, -0.15) is 0 Å². The Hall–Kier alpha value is -1.11. The minimum absolute atomic E-state index is 0.152. The van der Waals surface area contributed by atoms with Gasteiger partial charge in [0.05, 0.1) is 18.6 Å². The summed E-state index contributed by atoms with van der Waals surface area (Å²) in [4.78, 5) is 24.4. The maximum atomic E-state index is 12.5. The molecule has 1 aliphatic carbocycles. The summed E-state index contributed by atoms with van der Waals surface area (Å²) in [5.74, 6) is -0.437. The zero-order chi connectivity index (χ0) is 16.6. The van der Waals surface area contributed by atoms with Crippen LogP contribution >= 0.6 is 0 Å². The largest absolute Gasteiger partial charge is 0.467 e. The standard InChI is InChI=1S/C15H25NO5S/c1-4-5-14(2,13(18)21-3)16-12(17)11-10-15(11)6-8-22(19,20)9-7-15/h11H,4-10H2,1-3H3,(H,16,17)/t11-,14-/m0/s1. The second-order valence-electron chi connectivity index (χ2n) is 6.83. The van der Waals surface area contributed by atoms with E-state index in [1.165, 1.54) is 7.11 Å². The Morgan fingerprint density at radius 1 is 1.32 bits per heavy atom. The molecule has 1 saturated heterocycles. The highest BCUT2D eigenvalue weighted by Crippen LogP contribution is 2.59. The maximum Gasteiger partial charge on any atom is 0.331 e. The number of hydrogen-bond acceptors (Lipinski definition) is 5. The van der Waals surface area contributed by atoms with Crippen LogP contribution in [0.4, 0.5) is 0 Å². The molecule has 22 heavy (non-hydrogen) atoms. The SMILES string of the molecule is CCC[C@](C)(NC(=O)[C@@H]1CC12CCS(=O)(=O)CC2)C(=O)OC. The van der Waals surface area contributed by atoms with Crippen LogP contribution in [0.5, 0.6) is 0 Å². The lowest BCUT2D eigenvalue weighted by molar-refractivity contribution is -0.150. The molecule has 0 bridgehead atoms. The Kier molecular flexibility index (Phi) is 4.57. The van der Waals surface area contributed by atoms with E-state index >= 15 is 0 Å². The van der Waals surface area contributed by atoms with Gasteiger partial charge in [-0.25, -0.2) is 13.2 Å². The third-order valence-corrected chi connectivity index (χ3v) is 6.77. The molecule has 6 nitrogen and oxygen atoms in total. The highest BCUT2D eigenvalue weighted by Gasteiger charge is 2.60. The topological polar surface area (TPSA) is 89.5 Å². The minimum atomic E-state index is -2.93. The van der Waals surface area contributed by atoms with Crippen molar-refractivity contribution in [1.82, 2.24) is 5.32 Å². The average molecular weight is 331 g/mol. The maximum absolute atomic E-state index is 12.5. The van der Waals surface area contributed by atoms with Crippen molar-refractivity contribution in [3.63, 3.8) is 0 Å². The number of ether oxygens (including phenoxy) is 1. The highest BCUT2D eigenvalue weighted by atomic mass is 32.2. The van der Waals surface area contributed by atoms with E-state index in [0.717, 1.165) is 12.8 Å². The van der Waals surface area contributed by atoms with Gasteiger partial charge in [-0.05, 0) is 38.0 Å². The molecule has 1 amide bonds. The zero-order valence-corrected chi connectivity index (χ0v) is 14.3. The zero-order valence-electron chi connectivity index (χ0n) is 13.5. The fourth-order valence-corrected chi connectivity index (χ4v) is 5.15. The van der Waals surface area contributed by atoms with Crippen LogP contribution in [0.1, 0.15) is 46.0 Å². The Labute approximate surface area is 131 Å². The van der Waals surface area contributed by atoms with Crippen molar-refractivity contribution < 1.29 is 22.7 Å². The Bertz CT molecular complexity index is 556. The molecule has 0 unspecified atom stereocenters. The summed E-state index contributed by atoms with van der Waals surface area (Å²) in [5.41, 5.74) is -1.18. The van der Waals surface area contributed by atoms with Gasteiger partial charge >= 0.3 is 5.97 Å². The van der Waals surface area contributed by atoms with Crippen LogP contribution in [0.2, 0.25) is 0 Å². The first kappa shape index (κ1) is 17.2. The smallest absolute Gasteiger partial charge is 0.331 e. The molecule has 126 valence electrons. The van der Waals surface area contributed by atoms with Gasteiger partial charge in [0, 0.05) is 5.92 Å². The Morgan fingerprint density at radius 2 is 1.91 bits per heavy atom. The summed E-state index contributed by atoms with van der Waals surface area (Å²) in [6.07, 6.45) is 3.09. The molecule has 2 fully saturated rings. The molecule has 1 saturated carbocycles. The normalized spacial score (nSPS) is 27.7. The number of carbonyl (C=O) groups is 2. The van der Waals surface area contributed by atoms with Gasteiger partial charge in [0.15, 0.2) is 0 Å².